The van der Waals surface area contributed by atoms with Crippen LogP contribution in [0.25, 0.3) is 0 Å². The highest BCUT2D eigenvalue weighted by Crippen LogP contribution is 2.38. The van der Waals surface area contributed by atoms with Crippen LogP contribution in [0.15, 0.2) is 0 Å². The maximum atomic E-state index is 12.4. The lowest BCUT2D eigenvalue weighted by molar-refractivity contribution is -0.141. The zero-order valence-corrected chi connectivity index (χ0v) is 11.7. The monoisotopic (exact) mass is 267 g/mol. The van der Waals surface area contributed by atoms with Gasteiger partial charge < -0.3 is 16.4 Å². The highest BCUT2D eigenvalue weighted by molar-refractivity contribution is 5.87. The standard InChI is InChI=1S/C14H25N3O2/c1-9-6-7-17(12-5-3-2-4-10(9)12)14(19)11(15)8-13(16)18/h9-12H,2-8,15H2,1H3,(H2,16,18). The molecule has 4 atom stereocenters. The molecule has 2 fully saturated rings. The van der Waals surface area contributed by atoms with E-state index in [1.807, 2.05) is 4.90 Å². The molecule has 0 aromatic heterocycles. The van der Waals surface area contributed by atoms with Crippen LogP contribution in [0.4, 0.5) is 0 Å². The van der Waals surface area contributed by atoms with Crippen molar-refractivity contribution in [2.45, 2.75) is 57.5 Å². The minimum absolute atomic E-state index is 0.0533. The Hall–Kier alpha value is -1.10. The van der Waals surface area contributed by atoms with E-state index < -0.39 is 11.9 Å². The third-order valence-corrected chi connectivity index (χ3v) is 4.76. The molecule has 0 aromatic carbocycles. The van der Waals surface area contributed by atoms with Crippen LogP contribution in [0, 0.1) is 11.8 Å². The Labute approximate surface area is 114 Å². The number of likely N-dealkylation sites (tertiary alicyclic amines) is 1. The molecule has 0 spiro atoms. The summed E-state index contributed by atoms with van der Waals surface area (Å²) in [7, 11) is 0. The van der Waals surface area contributed by atoms with Crippen molar-refractivity contribution in [3.05, 3.63) is 0 Å². The topological polar surface area (TPSA) is 89.4 Å². The van der Waals surface area contributed by atoms with Crippen LogP contribution in [-0.4, -0.2) is 35.3 Å². The van der Waals surface area contributed by atoms with E-state index in [1.165, 1.54) is 19.3 Å². The molecule has 2 aliphatic rings. The number of nitrogens with two attached hydrogens (primary N) is 2. The Kier molecular flexibility index (Phi) is 4.45. The summed E-state index contributed by atoms with van der Waals surface area (Å²) in [5.74, 6) is 0.683. The number of amides is 2. The smallest absolute Gasteiger partial charge is 0.240 e. The van der Waals surface area contributed by atoms with E-state index in [-0.39, 0.29) is 12.3 Å². The number of fused-ring (bicyclic) bond motifs is 1. The van der Waals surface area contributed by atoms with Crippen molar-refractivity contribution in [3.63, 3.8) is 0 Å². The molecule has 0 aromatic rings. The fourth-order valence-corrected chi connectivity index (χ4v) is 3.70. The summed E-state index contributed by atoms with van der Waals surface area (Å²) in [6.07, 6.45) is 5.72. The molecule has 4 N–H and O–H groups in total. The number of rotatable bonds is 3. The third kappa shape index (κ3) is 3.08. The van der Waals surface area contributed by atoms with Crippen molar-refractivity contribution in [3.8, 4) is 0 Å². The van der Waals surface area contributed by atoms with E-state index in [2.05, 4.69) is 6.92 Å². The summed E-state index contributed by atoms with van der Waals surface area (Å²) in [4.78, 5) is 25.2. The Morgan fingerprint density at radius 3 is 2.63 bits per heavy atom. The summed E-state index contributed by atoms with van der Waals surface area (Å²) in [6, 6.07) is -0.447. The second kappa shape index (κ2) is 5.90. The Bertz CT molecular complexity index is 359. The van der Waals surface area contributed by atoms with Crippen LogP contribution in [0.3, 0.4) is 0 Å². The van der Waals surface area contributed by atoms with Crippen molar-refractivity contribution in [2.24, 2.45) is 23.3 Å². The van der Waals surface area contributed by atoms with E-state index in [0.717, 1.165) is 19.4 Å². The van der Waals surface area contributed by atoms with Crippen LogP contribution in [0.5, 0.6) is 0 Å². The van der Waals surface area contributed by atoms with Crippen LogP contribution >= 0.6 is 0 Å². The van der Waals surface area contributed by atoms with Crippen molar-refractivity contribution in [2.75, 3.05) is 6.54 Å². The van der Waals surface area contributed by atoms with Gasteiger partial charge in [0, 0.05) is 12.6 Å². The molecule has 5 nitrogen and oxygen atoms in total. The summed E-state index contributed by atoms with van der Waals surface area (Å²) < 4.78 is 0. The molecule has 2 amide bonds. The lowest BCUT2D eigenvalue weighted by atomic mass is 9.72. The third-order valence-electron chi connectivity index (χ3n) is 4.76. The van der Waals surface area contributed by atoms with Crippen LogP contribution in [0.2, 0.25) is 0 Å². The van der Waals surface area contributed by atoms with E-state index in [1.54, 1.807) is 0 Å². The van der Waals surface area contributed by atoms with E-state index >= 15 is 0 Å². The summed E-state index contributed by atoms with van der Waals surface area (Å²) in [6.45, 7) is 3.06. The van der Waals surface area contributed by atoms with Gasteiger partial charge in [-0.25, -0.2) is 0 Å². The van der Waals surface area contributed by atoms with E-state index in [0.29, 0.717) is 17.9 Å². The normalized spacial score (nSPS) is 32.5. The minimum atomic E-state index is -0.770. The van der Waals surface area contributed by atoms with Gasteiger partial charge in [-0.1, -0.05) is 19.8 Å². The first-order valence-electron chi connectivity index (χ1n) is 7.35. The average molecular weight is 267 g/mol. The average Bonchev–Trinajstić information content (AvgIpc) is 2.38. The van der Waals surface area contributed by atoms with Crippen molar-refractivity contribution < 1.29 is 9.59 Å². The summed E-state index contributed by atoms with van der Waals surface area (Å²) in [5.41, 5.74) is 10.9. The van der Waals surface area contributed by atoms with Gasteiger partial charge in [0.1, 0.15) is 0 Å². The van der Waals surface area contributed by atoms with Gasteiger partial charge in [-0.2, -0.15) is 0 Å². The van der Waals surface area contributed by atoms with Gasteiger partial charge in [-0.3, -0.25) is 9.59 Å². The van der Waals surface area contributed by atoms with Gasteiger partial charge in [0.05, 0.1) is 12.5 Å². The first kappa shape index (κ1) is 14.3. The number of hydrogen-bond donors (Lipinski definition) is 2. The van der Waals surface area contributed by atoms with Crippen molar-refractivity contribution in [1.82, 2.24) is 4.90 Å². The molecule has 1 aliphatic heterocycles. The molecule has 0 bridgehead atoms. The summed E-state index contributed by atoms with van der Waals surface area (Å²) in [5, 5.41) is 0. The largest absolute Gasteiger partial charge is 0.370 e. The number of piperidine rings is 1. The number of carbonyl (C=O) groups excluding carboxylic acids is 2. The Morgan fingerprint density at radius 1 is 1.26 bits per heavy atom. The van der Waals surface area contributed by atoms with Crippen LogP contribution in [-0.2, 0) is 9.59 Å². The SMILES string of the molecule is CC1CCN(C(=O)C(N)CC(N)=O)C2CCCCC12. The maximum absolute atomic E-state index is 12.4. The second-order valence-electron chi connectivity index (χ2n) is 6.09. The summed E-state index contributed by atoms with van der Waals surface area (Å²) >= 11 is 0. The van der Waals surface area contributed by atoms with Gasteiger partial charge in [-0.05, 0) is 31.1 Å². The lowest BCUT2D eigenvalue weighted by Crippen LogP contribution is -2.56. The highest BCUT2D eigenvalue weighted by Gasteiger charge is 2.40. The van der Waals surface area contributed by atoms with E-state index in [4.69, 9.17) is 11.5 Å². The Balaban J connectivity index is 2.06. The highest BCUT2D eigenvalue weighted by atomic mass is 16.2. The molecule has 1 saturated carbocycles. The van der Waals surface area contributed by atoms with Crippen LogP contribution in [0.1, 0.15) is 45.4 Å². The maximum Gasteiger partial charge on any atom is 0.240 e. The van der Waals surface area contributed by atoms with Crippen molar-refractivity contribution in [1.29, 1.82) is 0 Å². The molecule has 4 unspecified atom stereocenters. The van der Waals surface area contributed by atoms with Crippen LogP contribution < -0.4 is 11.5 Å². The number of hydrogen-bond acceptors (Lipinski definition) is 3. The van der Waals surface area contributed by atoms with Gasteiger partial charge >= 0.3 is 0 Å². The number of carbonyl (C=O) groups is 2. The molecule has 19 heavy (non-hydrogen) atoms. The predicted molar refractivity (Wildman–Crippen MR) is 73.0 cm³/mol. The molecule has 108 valence electrons. The fourth-order valence-electron chi connectivity index (χ4n) is 3.70. The van der Waals surface area contributed by atoms with E-state index in [9.17, 15) is 9.59 Å². The minimum Gasteiger partial charge on any atom is -0.370 e. The molecule has 2 rings (SSSR count). The molecule has 0 radical (unpaired) electrons. The number of primary amides is 1. The number of nitrogens with zero attached hydrogens (tertiary/aromatic N) is 1. The fraction of sp³-hybridized carbons (Fsp3) is 0.857. The molecule has 5 heteroatoms. The predicted octanol–water partition coefficient (Wildman–Crippen LogP) is 0.616. The van der Waals surface area contributed by atoms with Crippen molar-refractivity contribution >= 4 is 11.8 Å². The van der Waals surface area contributed by atoms with Gasteiger partial charge in [0.25, 0.3) is 0 Å². The molecular weight excluding hydrogens is 242 g/mol. The van der Waals surface area contributed by atoms with Gasteiger partial charge in [0.2, 0.25) is 11.8 Å². The molecule has 1 saturated heterocycles. The quantitative estimate of drug-likeness (QED) is 0.785. The molecule has 1 aliphatic carbocycles. The van der Waals surface area contributed by atoms with Gasteiger partial charge in [-0.15, -0.1) is 0 Å². The first-order chi connectivity index (χ1) is 9.00. The molecular formula is C14H25N3O2. The lowest BCUT2D eigenvalue weighted by Gasteiger charge is -2.47. The second-order valence-corrected chi connectivity index (χ2v) is 6.09. The first-order valence-corrected chi connectivity index (χ1v) is 7.35. The Morgan fingerprint density at radius 2 is 1.95 bits per heavy atom. The zero-order valence-electron chi connectivity index (χ0n) is 11.7. The zero-order chi connectivity index (χ0) is 14.0. The van der Waals surface area contributed by atoms with Gasteiger partial charge in [0.15, 0.2) is 0 Å². The molecule has 1 heterocycles.